The summed E-state index contributed by atoms with van der Waals surface area (Å²) in [6.07, 6.45) is 0. The summed E-state index contributed by atoms with van der Waals surface area (Å²) >= 11 is 0. The third-order valence-corrected chi connectivity index (χ3v) is 6.43. The Morgan fingerprint density at radius 2 is 1.58 bits per heavy atom. The summed E-state index contributed by atoms with van der Waals surface area (Å²) in [5, 5.41) is 7.47. The SMILES string of the molecule is Cn1nc(C(C)(C)C)cc1C(=O)N1CCN(C(=O)c2ccccc2)C(C(=O)NCc2ccccc2)C1. The van der Waals surface area contributed by atoms with Crippen LogP contribution in [0, 0.1) is 0 Å². The molecular formula is C28H33N5O3. The molecule has 1 fully saturated rings. The number of hydrogen-bond acceptors (Lipinski definition) is 4. The molecule has 0 saturated carbocycles. The van der Waals surface area contributed by atoms with Gasteiger partial charge in [-0.25, -0.2) is 0 Å². The summed E-state index contributed by atoms with van der Waals surface area (Å²) in [5.41, 5.74) is 2.56. The minimum Gasteiger partial charge on any atom is -0.350 e. The van der Waals surface area contributed by atoms with Crippen LogP contribution >= 0.6 is 0 Å². The molecule has 2 aromatic carbocycles. The number of nitrogens with zero attached hydrogens (tertiary/aromatic N) is 4. The van der Waals surface area contributed by atoms with Crippen molar-refractivity contribution in [3.63, 3.8) is 0 Å². The van der Waals surface area contributed by atoms with Crippen molar-refractivity contribution in [2.24, 2.45) is 7.05 Å². The maximum atomic E-state index is 13.5. The highest BCUT2D eigenvalue weighted by Gasteiger charge is 2.38. The number of nitrogens with one attached hydrogen (secondary N) is 1. The van der Waals surface area contributed by atoms with Crippen molar-refractivity contribution in [1.82, 2.24) is 24.9 Å². The Morgan fingerprint density at radius 1 is 0.944 bits per heavy atom. The van der Waals surface area contributed by atoms with Crippen molar-refractivity contribution in [2.45, 2.75) is 38.8 Å². The molecule has 0 radical (unpaired) electrons. The summed E-state index contributed by atoms with van der Waals surface area (Å²) < 4.78 is 1.59. The molecule has 8 nitrogen and oxygen atoms in total. The average Bonchev–Trinajstić information content (AvgIpc) is 3.29. The van der Waals surface area contributed by atoms with Crippen LogP contribution in [0.5, 0.6) is 0 Å². The van der Waals surface area contributed by atoms with Crippen LogP contribution in [0.3, 0.4) is 0 Å². The van der Waals surface area contributed by atoms with Crippen LogP contribution in [0.15, 0.2) is 66.7 Å². The highest BCUT2D eigenvalue weighted by molar-refractivity contribution is 5.99. The summed E-state index contributed by atoms with van der Waals surface area (Å²) in [7, 11) is 1.75. The largest absolute Gasteiger partial charge is 0.350 e. The van der Waals surface area contributed by atoms with Crippen molar-refractivity contribution in [3.8, 4) is 0 Å². The standard InChI is InChI=1S/C28H33N5O3/c1-28(2,3)24-17-22(31(4)30-24)27(36)32-15-16-33(26(35)21-13-9-6-10-14-21)23(19-32)25(34)29-18-20-11-7-5-8-12-20/h5-14,17,23H,15-16,18-19H2,1-4H3,(H,29,34). The molecule has 1 aliphatic heterocycles. The molecular weight excluding hydrogens is 454 g/mol. The lowest BCUT2D eigenvalue weighted by Gasteiger charge is -2.40. The van der Waals surface area contributed by atoms with Crippen molar-refractivity contribution < 1.29 is 14.4 Å². The van der Waals surface area contributed by atoms with Gasteiger partial charge in [0.2, 0.25) is 5.91 Å². The van der Waals surface area contributed by atoms with Crippen LogP contribution in [0.2, 0.25) is 0 Å². The van der Waals surface area contributed by atoms with Gasteiger partial charge in [0.05, 0.1) is 12.2 Å². The van der Waals surface area contributed by atoms with Crippen molar-refractivity contribution in [1.29, 1.82) is 0 Å². The highest BCUT2D eigenvalue weighted by atomic mass is 16.2. The van der Waals surface area contributed by atoms with E-state index in [-0.39, 0.29) is 36.2 Å². The predicted octanol–water partition coefficient (Wildman–Crippen LogP) is 3.00. The Labute approximate surface area is 211 Å². The highest BCUT2D eigenvalue weighted by Crippen LogP contribution is 2.23. The third kappa shape index (κ3) is 5.48. The molecule has 2 heterocycles. The molecule has 1 aromatic heterocycles. The Balaban J connectivity index is 1.56. The quantitative estimate of drug-likeness (QED) is 0.599. The maximum absolute atomic E-state index is 13.5. The van der Waals surface area contributed by atoms with Gasteiger partial charge >= 0.3 is 0 Å². The van der Waals surface area contributed by atoms with Gasteiger partial charge in [0.25, 0.3) is 11.8 Å². The van der Waals surface area contributed by atoms with Crippen LogP contribution in [-0.2, 0) is 23.8 Å². The smallest absolute Gasteiger partial charge is 0.272 e. The Kier molecular flexibility index (Phi) is 7.24. The van der Waals surface area contributed by atoms with E-state index in [2.05, 4.69) is 10.4 Å². The van der Waals surface area contributed by atoms with E-state index in [1.54, 1.807) is 45.8 Å². The van der Waals surface area contributed by atoms with Crippen LogP contribution in [0.1, 0.15) is 52.9 Å². The number of benzene rings is 2. The topological polar surface area (TPSA) is 87.5 Å². The molecule has 1 saturated heterocycles. The summed E-state index contributed by atoms with van der Waals surface area (Å²) in [6.45, 7) is 7.17. The molecule has 1 atom stereocenters. The average molecular weight is 488 g/mol. The van der Waals surface area contributed by atoms with Gasteiger partial charge in [-0.05, 0) is 23.8 Å². The zero-order valence-corrected chi connectivity index (χ0v) is 21.3. The first-order valence-corrected chi connectivity index (χ1v) is 12.2. The summed E-state index contributed by atoms with van der Waals surface area (Å²) in [6, 6.07) is 19.5. The van der Waals surface area contributed by atoms with E-state index in [0.717, 1.165) is 11.3 Å². The molecule has 1 aliphatic rings. The second-order valence-electron chi connectivity index (χ2n) is 10.1. The second kappa shape index (κ2) is 10.4. The lowest BCUT2D eigenvalue weighted by molar-refractivity contribution is -0.127. The van der Waals surface area contributed by atoms with Gasteiger partial charge < -0.3 is 15.1 Å². The zero-order chi connectivity index (χ0) is 25.9. The van der Waals surface area contributed by atoms with Gasteiger partial charge in [0.15, 0.2) is 0 Å². The third-order valence-electron chi connectivity index (χ3n) is 6.43. The Bertz CT molecular complexity index is 1230. The minimum atomic E-state index is -0.811. The zero-order valence-electron chi connectivity index (χ0n) is 21.3. The van der Waals surface area contributed by atoms with Gasteiger partial charge in [-0.15, -0.1) is 0 Å². The van der Waals surface area contributed by atoms with Gasteiger partial charge in [-0.2, -0.15) is 5.10 Å². The predicted molar refractivity (Wildman–Crippen MR) is 137 cm³/mol. The van der Waals surface area contributed by atoms with E-state index in [1.807, 2.05) is 63.2 Å². The molecule has 8 heteroatoms. The van der Waals surface area contributed by atoms with Gasteiger partial charge in [-0.3, -0.25) is 19.1 Å². The van der Waals surface area contributed by atoms with E-state index in [4.69, 9.17) is 0 Å². The molecule has 0 bridgehead atoms. The summed E-state index contributed by atoms with van der Waals surface area (Å²) in [5.74, 6) is -0.715. The second-order valence-corrected chi connectivity index (χ2v) is 10.1. The lowest BCUT2D eigenvalue weighted by Crippen LogP contribution is -2.61. The fraction of sp³-hybridized carbons (Fsp3) is 0.357. The first kappa shape index (κ1) is 25.2. The molecule has 188 valence electrons. The first-order valence-electron chi connectivity index (χ1n) is 12.2. The molecule has 4 rings (SSSR count). The van der Waals surface area contributed by atoms with Crippen molar-refractivity contribution in [3.05, 3.63) is 89.2 Å². The number of aryl methyl sites for hydroxylation is 1. The van der Waals surface area contributed by atoms with Crippen LogP contribution in [0.25, 0.3) is 0 Å². The fourth-order valence-electron chi connectivity index (χ4n) is 4.28. The number of aromatic nitrogens is 2. The molecule has 1 unspecified atom stereocenters. The van der Waals surface area contributed by atoms with Gasteiger partial charge in [-0.1, -0.05) is 69.3 Å². The van der Waals surface area contributed by atoms with Crippen molar-refractivity contribution >= 4 is 17.7 Å². The molecule has 0 spiro atoms. The van der Waals surface area contributed by atoms with E-state index < -0.39 is 6.04 Å². The van der Waals surface area contributed by atoms with Crippen molar-refractivity contribution in [2.75, 3.05) is 19.6 Å². The van der Waals surface area contributed by atoms with Gasteiger partial charge in [0.1, 0.15) is 11.7 Å². The van der Waals surface area contributed by atoms with E-state index in [9.17, 15) is 14.4 Å². The Morgan fingerprint density at radius 3 is 2.19 bits per heavy atom. The molecule has 0 aliphatic carbocycles. The summed E-state index contributed by atoms with van der Waals surface area (Å²) in [4.78, 5) is 43.4. The number of carbonyl (C=O) groups is 3. The number of piperazine rings is 1. The molecule has 1 N–H and O–H groups in total. The van der Waals surface area contributed by atoms with E-state index >= 15 is 0 Å². The monoisotopic (exact) mass is 487 g/mol. The van der Waals surface area contributed by atoms with Crippen LogP contribution < -0.4 is 5.32 Å². The molecule has 3 amide bonds. The normalized spacial score (nSPS) is 16.1. The molecule has 36 heavy (non-hydrogen) atoms. The van der Waals surface area contributed by atoms with Crippen LogP contribution in [0.4, 0.5) is 0 Å². The first-order chi connectivity index (χ1) is 17.1. The lowest BCUT2D eigenvalue weighted by atomic mass is 9.92. The van der Waals surface area contributed by atoms with E-state index in [0.29, 0.717) is 24.3 Å². The Hall–Kier alpha value is -3.94. The number of rotatable bonds is 5. The molecule has 3 aromatic rings. The van der Waals surface area contributed by atoms with Gasteiger partial charge in [0, 0.05) is 37.7 Å². The minimum absolute atomic E-state index is 0.105. The maximum Gasteiger partial charge on any atom is 0.272 e. The van der Waals surface area contributed by atoms with Crippen LogP contribution in [-0.4, -0.2) is 63.0 Å². The number of carbonyl (C=O) groups excluding carboxylic acids is 3. The fourth-order valence-corrected chi connectivity index (χ4v) is 4.28. The van der Waals surface area contributed by atoms with E-state index in [1.165, 1.54) is 0 Å². The number of hydrogen-bond donors (Lipinski definition) is 1. The number of amides is 3.